The Hall–Kier alpha value is -5.16. The molecule has 50 heavy (non-hydrogen) atoms. The molecule has 7 amide bonds. The first-order valence-electron chi connectivity index (χ1n) is 16.5. The van der Waals surface area contributed by atoms with Gasteiger partial charge < -0.3 is 36.5 Å². The van der Waals surface area contributed by atoms with E-state index in [0.717, 1.165) is 23.4 Å². The van der Waals surface area contributed by atoms with Gasteiger partial charge in [-0.15, -0.1) is 0 Å². The maximum absolute atomic E-state index is 13.0. The van der Waals surface area contributed by atoms with Gasteiger partial charge in [-0.3, -0.25) is 48.2 Å². The van der Waals surface area contributed by atoms with Gasteiger partial charge in [-0.05, 0) is 37.8 Å². The van der Waals surface area contributed by atoms with Crippen molar-refractivity contribution in [2.45, 2.75) is 57.0 Å². The summed E-state index contributed by atoms with van der Waals surface area (Å²) < 4.78 is 10.4. The number of benzene rings is 1. The molecule has 2 heterocycles. The van der Waals surface area contributed by atoms with Gasteiger partial charge in [0, 0.05) is 38.1 Å². The zero-order valence-corrected chi connectivity index (χ0v) is 27.9. The predicted octanol–water partition coefficient (Wildman–Crippen LogP) is -1.99. The third-order valence-electron chi connectivity index (χ3n) is 7.92. The SMILES string of the molecule is NC(=O)[C@@H]1CCCN1CCOCNC(=O)CNC(=O)[C@H](Cc1ccccc1)NC(=O)COC(=O)CNC(=O)CCCCCN1C(=O)C=CC1=O. The highest BCUT2D eigenvalue weighted by Crippen LogP contribution is 2.16. The van der Waals surface area contributed by atoms with Crippen LogP contribution in [0.2, 0.25) is 0 Å². The third-order valence-corrected chi connectivity index (χ3v) is 7.92. The van der Waals surface area contributed by atoms with Crippen LogP contribution in [0.25, 0.3) is 0 Å². The highest BCUT2D eigenvalue weighted by Gasteiger charge is 2.28. The average Bonchev–Trinajstić information content (AvgIpc) is 3.70. The van der Waals surface area contributed by atoms with Gasteiger partial charge in [-0.25, -0.2) is 0 Å². The Morgan fingerprint density at radius 2 is 1.60 bits per heavy atom. The molecular formula is C33H45N7O10. The number of hydrogen-bond acceptors (Lipinski definition) is 11. The van der Waals surface area contributed by atoms with E-state index in [1.54, 1.807) is 30.3 Å². The molecule has 0 aliphatic carbocycles. The number of hydrogen-bond donors (Lipinski definition) is 5. The second-order valence-electron chi connectivity index (χ2n) is 11.7. The van der Waals surface area contributed by atoms with Crippen molar-refractivity contribution in [3.05, 3.63) is 48.0 Å². The number of primary amides is 1. The van der Waals surface area contributed by atoms with Crippen LogP contribution < -0.4 is 27.0 Å². The van der Waals surface area contributed by atoms with Crippen molar-refractivity contribution >= 4 is 47.3 Å². The van der Waals surface area contributed by atoms with Crippen LogP contribution in [0, 0.1) is 0 Å². The fraction of sp³-hybridized carbons (Fsp3) is 0.515. The molecule has 0 aromatic heterocycles. The average molecular weight is 700 g/mol. The van der Waals surface area contributed by atoms with Crippen molar-refractivity contribution in [2.75, 3.05) is 52.7 Å². The van der Waals surface area contributed by atoms with E-state index in [2.05, 4.69) is 21.3 Å². The van der Waals surface area contributed by atoms with Gasteiger partial charge in [-0.2, -0.15) is 0 Å². The summed E-state index contributed by atoms with van der Waals surface area (Å²) in [5.41, 5.74) is 6.14. The summed E-state index contributed by atoms with van der Waals surface area (Å²) in [7, 11) is 0. The first kappa shape index (κ1) is 39.3. The molecule has 1 fully saturated rings. The Labute approximate surface area is 289 Å². The Morgan fingerprint density at radius 1 is 0.860 bits per heavy atom. The van der Waals surface area contributed by atoms with Crippen molar-refractivity contribution in [3.8, 4) is 0 Å². The summed E-state index contributed by atoms with van der Waals surface area (Å²) in [5.74, 6) is -4.28. The van der Waals surface area contributed by atoms with E-state index in [0.29, 0.717) is 32.2 Å². The lowest BCUT2D eigenvalue weighted by molar-refractivity contribution is -0.148. The van der Waals surface area contributed by atoms with E-state index in [-0.39, 0.29) is 63.0 Å². The van der Waals surface area contributed by atoms with E-state index in [9.17, 15) is 38.4 Å². The number of nitrogens with zero attached hydrogens (tertiary/aromatic N) is 2. The molecule has 272 valence electrons. The number of unbranched alkanes of at least 4 members (excludes halogenated alkanes) is 2. The summed E-state index contributed by atoms with van der Waals surface area (Å²) in [6.07, 6.45) is 5.82. The summed E-state index contributed by atoms with van der Waals surface area (Å²) >= 11 is 0. The highest BCUT2D eigenvalue weighted by atomic mass is 16.5. The fourth-order valence-corrected chi connectivity index (χ4v) is 5.29. The van der Waals surface area contributed by atoms with Gasteiger partial charge in [0.25, 0.3) is 17.7 Å². The minimum absolute atomic E-state index is 0.0947. The third kappa shape index (κ3) is 14.1. The molecule has 6 N–H and O–H groups in total. The standard InChI is InChI=1S/C33H45N7O10/c34-32(47)25-10-7-14-39(25)16-17-49-22-37-27(42)19-36-33(48)24(18-23-8-3-1-4-9-23)38-28(43)21-50-31(46)20-35-26(41)11-5-2-6-15-40-29(44)12-13-30(40)45/h1,3-4,8-9,12-13,24-25H,2,5-7,10-11,14-22H2,(H2,34,47)(H,35,41)(H,36,48)(H,37,42)(H,38,43)/t24-,25-/m0/s1. The lowest BCUT2D eigenvalue weighted by Crippen LogP contribution is -2.51. The van der Waals surface area contributed by atoms with Crippen LogP contribution in [0.15, 0.2) is 42.5 Å². The number of nitrogens with one attached hydrogen (secondary N) is 4. The van der Waals surface area contributed by atoms with Gasteiger partial charge >= 0.3 is 5.97 Å². The molecule has 0 saturated carbocycles. The number of amides is 7. The predicted molar refractivity (Wildman–Crippen MR) is 176 cm³/mol. The van der Waals surface area contributed by atoms with Crippen LogP contribution in [0.1, 0.15) is 44.1 Å². The number of rotatable bonds is 22. The molecule has 2 aliphatic rings. The lowest BCUT2D eigenvalue weighted by Gasteiger charge is -2.21. The molecule has 3 rings (SSSR count). The minimum Gasteiger partial charge on any atom is -0.454 e. The van der Waals surface area contributed by atoms with Gasteiger partial charge in [0.15, 0.2) is 6.61 Å². The van der Waals surface area contributed by atoms with E-state index in [1.807, 2.05) is 4.90 Å². The molecule has 0 radical (unpaired) electrons. The van der Waals surface area contributed by atoms with Crippen molar-refractivity contribution in [3.63, 3.8) is 0 Å². The second-order valence-corrected chi connectivity index (χ2v) is 11.7. The van der Waals surface area contributed by atoms with Gasteiger partial charge in [0.1, 0.15) is 19.3 Å². The number of carbonyl (C=O) groups is 8. The van der Waals surface area contributed by atoms with Crippen LogP contribution in [0.4, 0.5) is 0 Å². The van der Waals surface area contributed by atoms with E-state index < -0.39 is 48.8 Å². The molecule has 0 unspecified atom stereocenters. The summed E-state index contributed by atoms with van der Waals surface area (Å²) in [5, 5.41) is 9.93. The molecular weight excluding hydrogens is 654 g/mol. The first-order valence-corrected chi connectivity index (χ1v) is 16.5. The number of nitrogens with two attached hydrogens (primary N) is 1. The lowest BCUT2D eigenvalue weighted by atomic mass is 10.1. The van der Waals surface area contributed by atoms with E-state index in [1.165, 1.54) is 12.2 Å². The maximum atomic E-state index is 13.0. The molecule has 0 bridgehead atoms. The fourth-order valence-electron chi connectivity index (χ4n) is 5.29. The minimum atomic E-state index is -1.09. The van der Waals surface area contributed by atoms with Crippen molar-refractivity contribution in [1.29, 1.82) is 0 Å². The largest absolute Gasteiger partial charge is 0.454 e. The number of carbonyl (C=O) groups excluding carboxylic acids is 8. The van der Waals surface area contributed by atoms with Gasteiger partial charge in [-0.1, -0.05) is 36.8 Å². The summed E-state index contributed by atoms with van der Waals surface area (Å²) in [6.45, 7) is 0.103. The van der Waals surface area contributed by atoms with Crippen molar-refractivity contribution in [1.82, 2.24) is 31.1 Å². The van der Waals surface area contributed by atoms with Gasteiger partial charge in [0.05, 0.1) is 19.2 Å². The van der Waals surface area contributed by atoms with Gasteiger partial charge in [0.2, 0.25) is 23.6 Å². The molecule has 2 aliphatic heterocycles. The Bertz CT molecular complexity index is 1390. The molecule has 2 atom stereocenters. The maximum Gasteiger partial charge on any atom is 0.325 e. The Morgan fingerprint density at radius 3 is 2.32 bits per heavy atom. The number of likely N-dealkylation sites (tertiary alicyclic amines) is 1. The molecule has 1 aromatic rings. The number of imide groups is 1. The Kier molecular flexibility index (Phi) is 16.5. The van der Waals surface area contributed by atoms with E-state index in [4.69, 9.17) is 15.2 Å². The first-order chi connectivity index (χ1) is 24.0. The molecule has 0 spiro atoms. The molecule has 17 nitrogen and oxygen atoms in total. The zero-order chi connectivity index (χ0) is 36.3. The zero-order valence-electron chi connectivity index (χ0n) is 27.9. The molecule has 1 saturated heterocycles. The highest BCUT2D eigenvalue weighted by molar-refractivity contribution is 6.12. The van der Waals surface area contributed by atoms with Crippen LogP contribution in [0.3, 0.4) is 0 Å². The van der Waals surface area contributed by atoms with Crippen LogP contribution in [-0.2, 0) is 54.3 Å². The number of ether oxygens (including phenoxy) is 2. The normalized spacial score (nSPS) is 16.2. The topological polar surface area (TPSA) is 236 Å². The summed E-state index contributed by atoms with van der Waals surface area (Å²) in [4.78, 5) is 99.6. The monoisotopic (exact) mass is 699 g/mol. The summed E-state index contributed by atoms with van der Waals surface area (Å²) in [6, 6.07) is 7.45. The van der Waals surface area contributed by atoms with Crippen molar-refractivity contribution < 1.29 is 47.8 Å². The quantitative estimate of drug-likeness (QED) is 0.0385. The molecule has 17 heteroatoms. The van der Waals surface area contributed by atoms with Crippen LogP contribution >= 0.6 is 0 Å². The van der Waals surface area contributed by atoms with Crippen LogP contribution in [0.5, 0.6) is 0 Å². The van der Waals surface area contributed by atoms with Crippen LogP contribution in [-0.4, -0.2) is 122 Å². The second kappa shape index (κ2) is 21.0. The smallest absolute Gasteiger partial charge is 0.325 e. The van der Waals surface area contributed by atoms with Crippen molar-refractivity contribution in [2.24, 2.45) is 5.73 Å². The molecule has 1 aromatic carbocycles. The number of esters is 1. The van der Waals surface area contributed by atoms with E-state index >= 15 is 0 Å². The Balaban J connectivity index is 1.32.